The van der Waals surface area contributed by atoms with Crippen molar-refractivity contribution in [3.63, 3.8) is 0 Å². The summed E-state index contributed by atoms with van der Waals surface area (Å²) in [5.41, 5.74) is 3.60. The van der Waals surface area contributed by atoms with Gasteiger partial charge in [0, 0.05) is 10.9 Å². The summed E-state index contributed by atoms with van der Waals surface area (Å²) < 4.78 is 7.71. The molecule has 0 aliphatic carbocycles. The van der Waals surface area contributed by atoms with Crippen molar-refractivity contribution < 1.29 is 9.30 Å². The summed E-state index contributed by atoms with van der Waals surface area (Å²) in [7, 11) is 1.70. The van der Waals surface area contributed by atoms with E-state index in [1.165, 1.54) is 42.1 Å². The monoisotopic (exact) mass is 367 g/mol. The van der Waals surface area contributed by atoms with Crippen molar-refractivity contribution >= 4 is 22.2 Å². The Labute approximate surface area is 160 Å². The maximum Gasteiger partial charge on any atom is 0.339 e. The van der Waals surface area contributed by atoms with E-state index < -0.39 is 0 Å². The van der Waals surface area contributed by atoms with Gasteiger partial charge in [-0.05, 0) is 49.2 Å². The number of nitrogens with one attached hydrogen (secondary N) is 1. The first-order valence-corrected chi connectivity index (χ1v) is 10.2. The molecule has 3 aromatic rings. The van der Waals surface area contributed by atoms with Crippen molar-refractivity contribution in [2.45, 2.75) is 39.2 Å². The highest BCUT2D eigenvalue weighted by molar-refractivity contribution is 7.13. The summed E-state index contributed by atoms with van der Waals surface area (Å²) >= 11 is 1.76. The lowest BCUT2D eigenvalue weighted by Crippen LogP contribution is -2.36. The Morgan fingerprint density at radius 3 is 2.42 bits per heavy atom. The molecule has 1 N–H and O–H groups in total. The van der Waals surface area contributed by atoms with E-state index in [1.54, 1.807) is 18.4 Å². The number of methoxy groups -OCH3 is 1. The van der Waals surface area contributed by atoms with Crippen LogP contribution >= 0.6 is 11.3 Å². The maximum absolute atomic E-state index is 5.29. The van der Waals surface area contributed by atoms with E-state index in [9.17, 15) is 0 Å². The van der Waals surface area contributed by atoms with Gasteiger partial charge in [0.1, 0.15) is 17.1 Å². The zero-order valence-electron chi connectivity index (χ0n) is 15.6. The predicted molar refractivity (Wildman–Crippen MR) is 110 cm³/mol. The average molecular weight is 368 g/mol. The highest BCUT2D eigenvalue weighted by atomic mass is 32.1. The third-order valence-corrected chi connectivity index (χ3v) is 5.35. The van der Waals surface area contributed by atoms with Gasteiger partial charge in [0.25, 0.3) is 0 Å². The van der Waals surface area contributed by atoms with E-state index in [-0.39, 0.29) is 0 Å². The summed E-state index contributed by atoms with van der Waals surface area (Å²) in [4.78, 5) is 0. The van der Waals surface area contributed by atoms with E-state index in [0.717, 1.165) is 18.0 Å². The molecule has 3 rings (SSSR count). The van der Waals surface area contributed by atoms with E-state index in [4.69, 9.17) is 4.74 Å². The van der Waals surface area contributed by atoms with Gasteiger partial charge in [-0.2, -0.15) is 0 Å². The molecule has 2 aromatic carbocycles. The summed E-state index contributed by atoms with van der Waals surface area (Å²) in [6, 6.07) is 18.7. The third kappa shape index (κ3) is 4.64. The molecule has 0 fully saturated rings. The molecule has 0 bridgehead atoms. The molecule has 0 saturated heterocycles. The minimum Gasteiger partial charge on any atom is -0.497 e. The second-order valence-electron chi connectivity index (χ2n) is 6.36. The molecule has 26 heavy (non-hydrogen) atoms. The summed E-state index contributed by atoms with van der Waals surface area (Å²) in [5, 5.41) is 7.01. The van der Waals surface area contributed by atoms with Gasteiger partial charge >= 0.3 is 5.13 Å². The minimum atomic E-state index is 0.890. The summed E-state index contributed by atoms with van der Waals surface area (Å²) in [5.74, 6) is 0.890. The number of hydrogen-bond acceptors (Lipinski definition) is 3. The zero-order valence-corrected chi connectivity index (χ0v) is 16.4. The first kappa shape index (κ1) is 18.5. The number of para-hydroxylation sites is 1. The number of benzene rings is 2. The molecule has 136 valence electrons. The van der Waals surface area contributed by atoms with Crippen LogP contribution in [0.4, 0.5) is 10.8 Å². The highest BCUT2D eigenvalue weighted by Crippen LogP contribution is 2.27. The van der Waals surface area contributed by atoms with Crippen LogP contribution in [0.1, 0.15) is 32.6 Å². The fourth-order valence-corrected chi connectivity index (χ4v) is 3.97. The number of hydrogen-bond donors (Lipinski definition) is 1. The largest absolute Gasteiger partial charge is 0.497 e. The second kappa shape index (κ2) is 9.39. The maximum atomic E-state index is 5.29. The quantitative estimate of drug-likeness (QED) is 0.369. The van der Waals surface area contributed by atoms with Crippen LogP contribution in [0.5, 0.6) is 5.75 Å². The lowest BCUT2D eigenvalue weighted by molar-refractivity contribution is -0.668. The Hall–Kier alpha value is -2.33. The molecule has 3 nitrogen and oxygen atoms in total. The van der Waals surface area contributed by atoms with Crippen molar-refractivity contribution in [3.05, 3.63) is 60.0 Å². The second-order valence-corrected chi connectivity index (χ2v) is 7.22. The molecule has 0 saturated carbocycles. The molecular formula is C22H27N2OS+. The Balaban J connectivity index is 1.87. The molecule has 1 heterocycles. The molecule has 0 aliphatic heterocycles. The van der Waals surface area contributed by atoms with Crippen LogP contribution in [0.2, 0.25) is 0 Å². The summed E-state index contributed by atoms with van der Waals surface area (Å²) in [6.07, 6.45) is 5.02. The molecule has 0 aliphatic rings. The van der Waals surface area contributed by atoms with Crippen LogP contribution < -0.4 is 14.6 Å². The lowest BCUT2D eigenvalue weighted by atomic mass is 10.1. The molecule has 4 heteroatoms. The highest BCUT2D eigenvalue weighted by Gasteiger charge is 2.19. The molecule has 0 spiro atoms. The fourth-order valence-electron chi connectivity index (χ4n) is 2.99. The number of unbranched alkanes of at least 4 members (excludes halogenated alkanes) is 3. The number of ether oxygens (including phenoxy) is 1. The molecular weight excluding hydrogens is 340 g/mol. The zero-order chi connectivity index (χ0) is 18.2. The topological polar surface area (TPSA) is 25.1 Å². The van der Waals surface area contributed by atoms with Crippen LogP contribution in [0, 0.1) is 0 Å². The van der Waals surface area contributed by atoms with Crippen molar-refractivity contribution in [2.75, 3.05) is 12.4 Å². The van der Waals surface area contributed by atoms with Crippen molar-refractivity contribution in [2.24, 2.45) is 0 Å². The average Bonchev–Trinajstić information content (AvgIpc) is 3.08. The normalized spacial score (nSPS) is 10.7. The number of thiazole rings is 1. The van der Waals surface area contributed by atoms with Gasteiger partial charge in [-0.15, -0.1) is 0 Å². The first-order valence-electron chi connectivity index (χ1n) is 9.29. The molecule has 0 atom stereocenters. The van der Waals surface area contributed by atoms with Crippen LogP contribution in [-0.2, 0) is 6.54 Å². The molecule has 0 unspecified atom stereocenters. The van der Waals surface area contributed by atoms with E-state index in [2.05, 4.69) is 58.6 Å². The van der Waals surface area contributed by atoms with Gasteiger partial charge in [-0.3, -0.25) is 0 Å². The Morgan fingerprint density at radius 1 is 0.962 bits per heavy atom. The van der Waals surface area contributed by atoms with Crippen molar-refractivity contribution in [1.29, 1.82) is 0 Å². The van der Waals surface area contributed by atoms with Crippen molar-refractivity contribution in [3.8, 4) is 17.0 Å². The predicted octanol–water partition coefficient (Wildman–Crippen LogP) is 6.04. The van der Waals surface area contributed by atoms with Gasteiger partial charge < -0.3 is 4.74 Å². The number of rotatable bonds is 9. The van der Waals surface area contributed by atoms with Gasteiger partial charge in [0.2, 0.25) is 0 Å². The van der Waals surface area contributed by atoms with Gasteiger partial charge in [0.15, 0.2) is 0 Å². The van der Waals surface area contributed by atoms with Crippen LogP contribution in [0.15, 0.2) is 60.0 Å². The third-order valence-electron chi connectivity index (χ3n) is 4.46. The van der Waals surface area contributed by atoms with Gasteiger partial charge in [-0.1, -0.05) is 49.3 Å². The van der Waals surface area contributed by atoms with E-state index in [0.29, 0.717) is 0 Å². The Bertz CT molecular complexity index is 797. The number of anilines is 2. The molecule has 1 aromatic heterocycles. The number of aromatic nitrogens is 1. The smallest absolute Gasteiger partial charge is 0.339 e. The van der Waals surface area contributed by atoms with E-state index in [1.807, 2.05) is 18.2 Å². The van der Waals surface area contributed by atoms with Gasteiger partial charge in [0.05, 0.1) is 13.7 Å². The van der Waals surface area contributed by atoms with Gasteiger partial charge in [-0.25, -0.2) is 9.88 Å². The molecule has 0 radical (unpaired) electrons. The summed E-state index contributed by atoms with van der Waals surface area (Å²) in [6.45, 7) is 3.28. The minimum absolute atomic E-state index is 0.890. The fraction of sp³-hybridized carbons (Fsp3) is 0.318. The standard InChI is InChI=1S/C22H26N2OS/c1-3-4-5-9-16-24-21(18-12-14-20(25-2)15-13-18)17-26-22(24)23-19-10-7-6-8-11-19/h6-8,10-15,17H,3-5,9,16H2,1-2H3/p+1. The SMILES string of the molecule is CCCCCC[n+]1c(-c2ccc(OC)cc2)csc1Nc1ccccc1. The Morgan fingerprint density at radius 2 is 1.73 bits per heavy atom. The van der Waals surface area contributed by atoms with Crippen LogP contribution in [-0.4, -0.2) is 7.11 Å². The van der Waals surface area contributed by atoms with Crippen LogP contribution in [0.3, 0.4) is 0 Å². The molecule has 0 amide bonds. The van der Waals surface area contributed by atoms with Crippen molar-refractivity contribution in [1.82, 2.24) is 0 Å². The first-order chi connectivity index (χ1) is 12.8. The Kier molecular flexibility index (Phi) is 6.67. The van der Waals surface area contributed by atoms with Crippen LogP contribution in [0.25, 0.3) is 11.3 Å². The lowest BCUT2D eigenvalue weighted by Gasteiger charge is -2.07. The van der Waals surface area contributed by atoms with E-state index >= 15 is 0 Å². The number of nitrogens with zero attached hydrogens (tertiary/aromatic N) is 1.